The van der Waals surface area contributed by atoms with Gasteiger partial charge in [0, 0.05) is 19.3 Å². The molecule has 0 bridgehead atoms. The van der Waals surface area contributed by atoms with E-state index in [-0.39, 0.29) is 5.69 Å². The number of aromatic carboxylic acids is 1. The summed E-state index contributed by atoms with van der Waals surface area (Å²) >= 11 is 0. The van der Waals surface area contributed by atoms with Crippen molar-refractivity contribution in [1.82, 2.24) is 9.97 Å². The highest BCUT2D eigenvalue weighted by Gasteiger charge is 2.17. The van der Waals surface area contributed by atoms with Gasteiger partial charge in [0.15, 0.2) is 5.69 Å². The molecule has 1 fully saturated rings. The van der Waals surface area contributed by atoms with Gasteiger partial charge in [-0.25, -0.2) is 14.8 Å². The van der Waals surface area contributed by atoms with Crippen molar-refractivity contribution in [2.75, 3.05) is 18.0 Å². The molecule has 1 N–H and O–H groups in total. The maximum absolute atomic E-state index is 10.8. The van der Waals surface area contributed by atoms with Gasteiger partial charge in [-0.2, -0.15) is 0 Å². The van der Waals surface area contributed by atoms with Crippen LogP contribution in [0.2, 0.25) is 0 Å². The summed E-state index contributed by atoms with van der Waals surface area (Å²) in [5, 5.41) is 8.90. The van der Waals surface area contributed by atoms with Crippen LogP contribution in [0.15, 0.2) is 12.3 Å². The number of carboxylic acid groups (broad SMARTS) is 1. The fraction of sp³-hybridized carbons (Fsp3) is 0.583. The van der Waals surface area contributed by atoms with Gasteiger partial charge in [0.2, 0.25) is 5.95 Å². The Morgan fingerprint density at radius 1 is 1.47 bits per heavy atom. The van der Waals surface area contributed by atoms with Crippen LogP contribution in [0.25, 0.3) is 0 Å². The lowest BCUT2D eigenvalue weighted by molar-refractivity contribution is 0.0690. The van der Waals surface area contributed by atoms with Crippen LogP contribution in [0.3, 0.4) is 0 Å². The molecule has 0 saturated carbocycles. The number of hydrogen-bond donors (Lipinski definition) is 1. The van der Waals surface area contributed by atoms with Crippen molar-refractivity contribution in [2.24, 2.45) is 5.92 Å². The maximum Gasteiger partial charge on any atom is 0.354 e. The summed E-state index contributed by atoms with van der Waals surface area (Å²) in [6, 6.07) is 1.42. The molecule has 5 nitrogen and oxygen atoms in total. The molecule has 1 aromatic heterocycles. The smallest absolute Gasteiger partial charge is 0.354 e. The summed E-state index contributed by atoms with van der Waals surface area (Å²) in [4.78, 5) is 21.2. The van der Waals surface area contributed by atoms with Gasteiger partial charge in [0.05, 0.1) is 0 Å². The second-order valence-corrected chi connectivity index (χ2v) is 4.57. The van der Waals surface area contributed by atoms with Crippen molar-refractivity contribution in [1.29, 1.82) is 0 Å². The van der Waals surface area contributed by atoms with Gasteiger partial charge in [-0.15, -0.1) is 0 Å². The maximum atomic E-state index is 10.8. The van der Waals surface area contributed by atoms with E-state index in [0.29, 0.717) is 5.95 Å². The predicted molar refractivity (Wildman–Crippen MR) is 64.2 cm³/mol. The first-order chi connectivity index (χ1) is 8.16. The van der Waals surface area contributed by atoms with E-state index in [4.69, 9.17) is 5.11 Å². The Morgan fingerprint density at radius 3 is 3.06 bits per heavy atom. The number of rotatable bonds is 2. The summed E-state index contributed by atoms with van der Waals surface area (Å²) in [5.41, 5.74) is 0.0623. The molecule has 1 aliphatic rings. The first-order valence-electron chi connectivity index (χ1n) is 5.98. The third kappa shape index (κ3) is 2.93. The second-order valence-electron chi connectivity index (χ2n) is 4.57. The lowest BCUT2D eigenvalue weighted by atomic mass is 10.0. The van der Waals surface area contributed by atoms with Gasteiger partial charge in [-0.05, 0) is 31.2 Å². The van der Waals surface area contributed by atoms with Crippen molar-refractivity contribution in [2.45, 2.75) is 26.2 Å². The predicted octanol–water partition coefficient (Wildman–Crippen LogP) is 1.80. The van der Waals surface area contributed by atoms with Crippen LogP contribution in [0.5, 0.6) is 0 Å². The summed E-state index contributed by atoms with van der Waals surface area (Å²) in [7, 11) is 0. The number of carboxylic acids is 1. The Hall–Kier alpha value is -1.65. The SMILES string of the molecule is CC1CCCN(c2nccc(C(=O)O)n2)CC1. The van der Waals surface area contributed by atoms with E-state index >= 15 is 0 Å². The van der Waals surface area contributed by atoms with E-state index < -0.39 is 5.97 Å². The topological polar surface area (TPSA) is 66.3 Å². The Labute approximate surface area is 100 Å². The average molecular weight is 235 g/mol. The summed E-state index contributed by atoms with van der Waals surface area (Å²) in [6.07, 6.45) is 4.96. The van der Waals surface area contributed by atoms with Crippen LogP contribution in [0.4, 0.5) is 5.95 Å². The molecule has 0 aromatic carbocycles. The summed E-state index contributed by atoms with van der Waals surface area (Å²) < 4.78 is 0. The molecule has 0 amide bonds. The van der Waals surface area contributed by atoms with Crippen LogP contribution in [0, 0.1) is 5.92 Å². The molecule has 1 atom stereocenters. The molecule has 2 rings (SSSR count). The van der Waals surface area contributed by atoms with E-state index in [1.54, 1.807) is 0 Å². The molecular formula is C12H17N3O2. The largest absolute Gasteiger partial charge is 0.477 e. The Bertz CT molecular complexity index is 408. The Balaban J connectivity index is 2.15. The number of carbonyl (C=O) groups is 1. The van der Waals surface area contributed by atoms with Gasteiger partial charge in [0.1, 0.15) is 0 Å². The number of anilines is 1. The third-order valence-electron chi connectivity index (χ3n) is 3.16. The number of hydrogen-bond acceptors (Lipinski definition) is 4. The first kappa shape index (κ1) is 11.8. The molecule has 0 radical (unpaired) electrons. The molecule has 1 aliphatic heterocycles. The minimum atomic E-state index is -1.00. The van der Waals surface area contributed by atoms with Crippen molar-refractivity contribution >= 4 is 11.9 Å². The quantitative estimate of drug-likeness (QED) is 0.846. The van der Waals surface area contributed by atoms with E-state index in [2.05, 4.69) is 21.8 Å². The van der Waals surface area contributed by atoms with Crippen molar-refractivity contribution in [3.05, 3.63) is 18.0 Å². The molecule has 5 heteroatoms. The summed E-state index contributed by atoms with van der Waals surface area (Å²) in [6.45, 7) is 4.07. The van der Waals surface area contributed by atoms with E-state index in [1.165, 1.54) is 18.7 Å². The van der Waals surface area contributed by atoms with Crippen molar-refractivity contribution in [3.63, 3.8) is 0 Å². The zero-order valence-electron chi connectivity index (χ0n) is 9.96. The van der Waals surface area contributed by atoms with Crippen LogP contribution in [0.1, 0.15) is 36.7 Å². The first-order valence-corrected chi connectivity index (χ1v) is 5.98. The minimum absolute atomic E-state index is 0.0623. The fourth-order valence-corrected chi connectivity index (χ4v) is 2.08. The van der Waals surface area contributed by atoms with Gasteiger partial charge in [-0.3, -0.25) is 0 Å². The van der Waals surface area contributed by atoms with Crippen molar-refractivity contribution in [3.8, 4) is 0 Å². The highest BCUT2D eigenvalue weighted by molar-refractivity contribution is 5.85. The zero-order chi connectivity index (χ0) is 12.3. The number of aromatic nitrogens is 2. The Morgan fingerprint density at radius 2 is 2.29 bits per heavy atom. The molecule has 92 valence electrons. The van der Waals surface area contributed by atoms with Crippen molar-refractivity contribution < 1.29 is 9.90 Å². The van der Waals surface area contributed by atoms with Gasteiger partial charge < -0.3 is 10.0 Å². The molecule has 2 heterocycles. The minimum Gasteiger partial charge on any atom is -0.477 e. The third-order valence-corrected chi connectivity index (χ3v) is 3.16. The Kier molecular flexibility index (Phi) is 3.56. The van der Waals surface area contributed by atoms with Gasteiger partial charge in [-0.1, -0.05) is 6.92 Å². The second kappa shape index (κ2) is 5.12. The van der Waals surface area contributed by atoms with Gasteiger partial charge >= 0.3 is 5.97 Å². The fourth-order valence-electron chi connectivity index (χ4n) is 2.08. The van der Waals surface area contributed by atoms with E-state index in [0.717, 1.165) is 31.8 Å². The lowest BCUT2D eigenvalue weighted by Gasteiger charge is -2.20. The highest BCUT2D eigenvalue weighted by Crippen LogP contribution is 2.19. The molecule has 0 spiro atoms. The number of nitrogens with zero attached hydrogens (tertiary/aromatic N) is 3. The molecule has 1 aromatic rings. The van der Waals surface area contributed by atoms with Crippen LogP contribution in [-0.2, 0) is 0 Å². The normalized spacial score (nSPS) is 21.0. The molecular weight excluding hydrogens is 218 g/mol. The van der Waals surface area contributed by atoms with E-state index in [9.17, 15) is 4.79 Å². The molecule has 0 aliphatic carbocycles. The highest BCUT2D eigenvalue weighted by atomic mass is 16.4. The average Bonchev–Trinajstić information content (AvgIpc) is 2.54. The molecule has 1 unspecified atom stereocenters. The monoisotopic (exact) mass is 235 g/mol. The van der Waals surface area contributed by atoms with Crippen LogP contribution in [-0.4, -0.2) is 34.1 Å². The lowest BCUT2D eigenvalue weighted by Crippen LogP contribution is -2.26. The van der Waals surface area contributed by atoms with E-state index in [1.807, 2.05) is 0 Å². The standard InChI is InChI=1S/C12H17N3O2/c1-9-3-2-7-15(8-5-9)12-13-6-4-10(14-12)11(16)17/h4,6,9H,2-3,5,7-8H2,1H3,(H,16,17). The van der Waals surface area contributed by atoms with Crippen LogP contribution >= 0.6 is 0 Å². The van der Waals surface area contributed by atoms with Crippen LogP contribution < -0.4 is 4.90 Å². The molecule has 1 saturated heterocycles. The summed E-state index contributed by atoms with van der Waals surface area (Å²) in [5.74, 6) is 0.262. The zero-order valence-corrected chi connectivity index (χ0v) is 9.96. The molecule has 17 heavy (non-hydrogen) atoms. The van der Waals surface area contributed by atoms with Gasteiger partial charge in [0.25, 0.3) is 0 Å².